The number of aromatic amines is 2. The Morgan fingerprint density at radius 2 is 1.38 bits per heavy atom. The first-order valence-corrected chi connectivity index (χ1v) is 7.42. The number of anilines is 2. The summed E-state index contributed by atoms with van der Waals surface area (Å²) in [6.45, 7) is 0. The molecule has 0 aromatic carbocycles. The number of nitrogens with zero attached hydrogens (tertiary/aromatic N) is 6. The molecule has 14 heteroatoms. The second-order valence-corrected chi connectivity index (χ2v) is 5.68. The smallest absolute Gasteiger partial charge is 0.280 e. The van der Waals surface area contributed by atoms with Crippen LogP contribution in [0.4, 0.5) is 11.9 Å². The quantitative estimate of drug-likeness (QED) is 0.300. The molecule has 0 spiro atoms. The van der Waals surface area contributed by atoms with Gasteiger partial charge in [0.2, 0.25) is 17.2 Å². The Labute approximate surface area is 143 Å². The van der Waals surface area contributed by atoms with Crippen LogP contribution in [0, 0.1) is 0 Å². The Morgan fingerprint density at radius 3 is 1.96 bits per heavy atom. The highest BCUT2D eigenvalue weighted by molar-refractivity contribution is 9.10. The second kappa shape index (κ2) is 4.78. The van der Waals surface area contributed by atoms with Crippen LogP contribution in [0.2, 0.25) is 5.28 Å². The highest BCUT2D eigenvalue weighted by Crippen LogP contribution is 2.23. The van der Waals surface area contributed by atoms with E-state index in [0.29, 0.717) is 0 Å². The normalized spacial score (nSPS) is 11.6. The fraction of sp³-hybridized carbons (Fsp3) is 0. The molecule has 6 N–H and O–H groups in total. The maximum atomic E-state index is 12.0. The molecular formula is C10H6BrClN10O2. The molecule has 0 aliphatic heterocycles. The first kappa shape index (κ1) is 14.6. The predicted molar refractivity (Wildman–Crippen MR) is 88.6 cm³/mol. The lowest BCUT2D eigenvalue weighted by Gasteiger charge is -2.08. The number of H-pyrrole nitrogens is 2. The van der Waals surface area contributed by atoms with Gasteiger partial charge in [-0.15, -0.1) is 0 Å². The van der Waals surface area contributed by atoms with Gasteiger partial charge >= 0.3 is 0 Å². The van der Waals surface area contributed by atoms with E-state index in [2.05, 4.69) is 45.8 Å². The molecule has 12 nitrogen and oxygen atoms in total. The van der Waals surface area contributed by atoms with Gasteiger partial charge in [-0.05, 0) is 27.5 Å². The van der Waals surface area contributed by atoms with E-state index in [1.807, 2.05) is 0 Å². The fourth-order valence-electron chi connectivity index (χ4n) is 2.25. The zero-order valence-corrected chi connectivity index (χ0v) is 13.8. The second-order valence-electron chi connectivity index (χ2n) is 4.63. The number of aromatic nitrogens is 8. The standard InChI is InChI=1S/C10H6BrClN10O2/c11-7-15-1-3(17-9(13)19-5(1)23)21(7)22-4-2(16-8(22)12)6(24)20-10(14)18-4/h(H3,13,17,19,23)(H3,14,18,20,24). The Bertz CT molecular complexity index is 1150. The van der Waals surface area contributed by atoms with Crippen molar-refractivity contribution in [3.63, 3.8) is 0 Å². The third kappa shape index (κ3) is 1.91. The molecule has 4 aromatic heterocycles. The maximum absolute atomic E-state index is 12.0. The van der Waals surface area contributed by atoms with Crippen LogP contribution in [0.5, 0.6) is 0 Å². The van der Waals surface area contributed by atoms with Crippen molar-refractivity contribution in [2.24, 2.45) is 0 Å². The lowest BCUT2D eigenvalue weighted by atomic mass is 10.5. The van der Waals surface area contributed by atoms with Gasteiger partial charge in [0.25, 0.3) is 11.1 Å². The molecule has 0 unspecified atom stereocenters. The van der Waals surface area contributed by atoms with Crippen LogP contribution in [0.15, 0.2) is 14.3 Å². The molecule has 0 fully saturated rings. The fourth-order valence-corrected chi connectivity index (χ4v) is 2.99. The summed E-state index contributed by atoms with van der Waals surface area (Å²) in [7, 11) is 0. The van der Waals surface area contributed by atoms with E-state index in [9.17, 15) is 9.59 Å². The molecule has 0 radical (unpaired) electrons. The summed E-state index contributed by atoms with van der Waals surface area (Å²) in [6.07, 6.45) is 0. The molecule has 4 aromatic rings. The number of halogens is 2. The van der Waals surface area contributed by atoms with Crippen molar-refractivity contribution >= 4 is 61.8 Å². The van der Waals surface area contributed by atoms with Gasteiger partial charge in [-0.2, -0.15) is 19.3 Å². The van der Waals surface area contributed by atoms with Gasteiger partial charge in [0.1, 0.15) is 0 Å². The summed E-state index contributed by atoms with van der Waals surface area (Å²) >= 11 is 9.35. The average Bonchev–Trinajstić information content (AvgIpc) is 2.96. The van der Waals surface area contributed by atoms with Gasteiger partial charge in [0, 0.05) is 0 Å². The maximum Gasteiger partial charge on any atom is 0.280 e. The highest BCUT2D eigenvalue weighted by atomic mass is 79.9. The van der Waals surface area contributed by atoms with Gasteiger partial charge in [-0.3, -0.25) is 19.6 Å². The number of imidazole rings is 2. The third-order valence-corrected chi connectivity index (χ3v) is 3.91. The molecule has 24 heavy (non-hydrogen) atoms. The molecule has 0 amide bonds. The van der Waals surface area contributed by atoms with Crippen LogP contribution >= 0.6 is 27.5 Å². The van der Waals surface area contributed by atoms with E-state index in [-0.39, 0.29) is 44.2 Å². The Balaban J connectivity index is 2.22. The summed E-state index contributed by atoms with van der Waals surface area (Å²) in [5.41, 5.74) is 10.2. The van der Waals surface area contributed by atoms with E-state index in [0.717, 1.165) is 0 Å². The van der Waals surface area contributed by atoms with Crippen molar-refractivity contribution in [3.8, 4) is 0 Å². The van der Waals surface area contributed by atoms with Gasteiger partial charge in [0.05, 0.1) is 0 Å². The van der Waals surface area contributed by atoms with E-state index >= 15 is 0 Å². The van der Waals surface area contributed by atoms with Crippen LogP contribution in [0.25, 0.3) is 22.3 Å². The predicted octanol–water partition coefficient (Wildman–Crippen LogP) is -0.556. The zero-order valence-electron chi connectivity index (χ0n) is 11.4. The molecule has 0 saturated heterocycles. The van der Waals surface area contributed by atoms with E-state index < -0.39 is 11.1 Å². The summed E-state index contributed by atoms with van der Waals surface area (Å²) in [6, 6.07) is 0. The Hall–Kier alpha value is -2.93. The molecule has 0 aliphatic carbocycles. The minimum atomic E-state index is -0.566. The minimum Gasteiger partial charge on any atom is -0.369 e. The lowest BCUT2D eigenvalue weighted by Crippen LogP contribution is -2.17. The highest BCUT2D eigenvalue weighted by Gasteiger charge is 2.22. The van der Waals surface area contributed by atoms with Gasteiger partial charge in [0.15, 0.2) is 27.1 Å². The van der Waals surface area contributed by atoms with Gasteiger partial charge in [-0.25, -0.2) is 9.97 Å². The van der Waals surface area contributed by atoms with Crippen LogP contribution < -0.4 is 22.6 Å². The molecule has 0 aliphatic rings. The number of rotatable bonds is 1. The lowest BCUT2D eigenvalue weighted by molar-refractivity contribution is 0.672. The SMILES string of the molecule is Nc1nc2c(nc(Cl)n2-n2c(Br)nc3c(=O)[nH]c(N)nc32)c(=O)[nH]1. The van der Waals surface area contributed by atoms with Crippen molar-refractivity contribution < 1.29 is 0 Å². The van der Waals surface area contributed by atoms with Crippen molar-refractivity contribution in [3.05, 3.63) is 30.7 Å². The van der Waals surface area contributed by atoms with Crippen LogP contribution in [0.3, 0.4) is 0 Å². The monoisotopic (exact) mass is 412 g/mol. The molecule has 0 bridgehead atoms. The van der Waals surface area contributed by atoms with Crippen molar-refractivity contribution in [1.82, 2.24) is 39.3 Å². The Kier molecular flexibility index (Phi) is 2.92. The van der Waals surface area contributed by atoms with Crippen LogP contribution in [-0.4, -0.2) is 39.3 Å². The number of nitrogen functional groups attached to an aromatic ring is 2. The molecule has 0 atom stereocenters. The number of hydrogen-bond donors (Lipinski definition) is 4. The summed E-state index contributed by atoms with van der Waals surface area (Å²) < 4.78 is 2.70. The van der Waals surface area contributed by atoms with Crippen molar-refractivity contribution in [2.45, 2.75) is 0 Å². The topological polar surface area (TPSA) is 179 Å². The van der Waals surface area contributed by atoms with Crippen molar-refractivity contribution in [2.75, 3.05) is 11.5 Å². The van der Waals surface area contributed by atoms with E-state index in [1.165, 1.54) is 9.35 Å². The van der Waals surface area contributed by atoms with Crippen LogP contribution in [-0.2, 0) is 0 Å². The number of fused-ring (bicyclic) bond motifs is 2. The van der Waals surface area contributed by atoms with Gasteiger partial charge in [-0.1, -0.05) is 0 Å². The van der Waals surface area contributed by atoms with E-state index in [4.69, 9.17) is 23.1 Å². The van der Waals surface area contributed by atoms with Crippen molar-refractivity contribution in [1.29, 1.82) is 0 Å². The largest absolute Gasteiger partial charge is 0.369 e. The third-order valence-electron chi connectivity index (χ3n) is 3.15. The van der Waals surface area contributed by atoms with Gasteiger partial charge < -0.3 is 11.5 Å². The summed E-state index contributed by atoms with van der Waals surface area (Å²) in [5.74, 6) is -0.247. The van der Waals surface area contributed by atoms with E-state index in [1.54, 1.807) is 0 Å². The zero-order chi connectivity index (χ0) is 17.2. The first-order valence-electron chi connectivity index (χ1n) is 6.25. The molecular weight excluding hydrogens is 408 g/mol. The minimum absolute atomic E-state index is 0.00630. The molecule has 0 saturated carbocycles. The number of nitrogens with two attached hydrogens (primary N) is 2. The molecule has 4 rings (SSSR count). The number of nitrogens with one attached hydrogen (secondary N) is 2. The van der Waals surface area contributed by atoms with Crippen LogP contribution in [0.1, 0.15) is 0 Å². The molecule has 4 heterocycles. The average molecular weight is 414 g/mol. The summed E-state index contributed by atoms with van der Waals surface area (Å²) in [5, 5.41) is -0.116. The number of hydrogen-bond acceptors (Lipinski definition) is 8. The summed E-state index contributed by atoms with van der Waals surface area (Å²) in [4.78, 5) is 44.7. The Morgan fingerprint density at radius 1 is 0.875 bits per heavy atom. The molecule has 122 valence electrons. The first-order chi connectivity index (χ1) is 11.4.